The van der Waals surface area contributed by atoms with Gasteiger partial charge in [0.15, 0.2) is 6.04 Å². The van der Waals surface area contributed by atoms with Crippen LogP contribution in [0.5, 0.6) is 0 Å². The number of likely N-dealkylation sites (N-methyl/N-ethyl adjacent to an activating group) is 1. The van der Waals surface area contributed by atoms with Crippen LogP contribution in [0, 0.1) is 5.82 Å². The lowest BCUT2D eigenvalue weighted by Crippen LogP contribution is -3.09. The maximum absolute atomic E-state index is 14.0. The normalized spacial score (nSPS) is 13.1. The van der Waals surface area contributed by atoms with Gasteiger partial charge in [-0.25, -0.2) is 9.18 Å². The van der Waals surface area contributed by atoms with Crippen molar-refractivity contribution < 1.29 is 18.9 Å². The van der Waals surface area contributed by atoms with Crippen LogP contribution in [-0.2, 0) is 11.3 Å². The first kappa shape index (κ1) is 17.9. The molecule has 0 bridgehead atoms. The van der Waals surface area contributed by atoms with Crippen molar-refractivity contribution in [1.29, 1.82) is 0 Å². The van der Waals surface area contributed by atoms with E-state index in [-0.39, 0.29) is 11.6 Å². The fraction of sp³-hybridized carbons (Fsp3) is 0.176. The zero-order chi connectivity index (χ0) is 17.7. The molecule has 7 heteroatoms. The Balaban J connectivity index is 2.32. The highest BCUT2D eigenvalue weighted by Gasteiger charge is 2.30. The van der Waals surface area contributed by atoms with Crippen LogP contribution >= 0.6 is 11.6 Å². The predicted molar refractivity (Wildman–Crippen MR) is 88.9 cm³/mol. The van der Waals surface area contributed by atoms with E-state index in [0.717, 1.165) is 0 Å². The number of nitrogens with two attached hydrogens (primary N) is 1. The van der Waals surface area contributed by atoms with Crippen LogP contribution in [-0.4, -0.2) is 19.0 Å². The topological polar surface area (TPSA) is 76.6 Å². The van der Waals surface area contributed by atoms with Gasteiger partial charge in [0.25, 0.3) is 5.91 Å². The molecule has 2 rings (SSSR count). The summed E-state index contributed by atoms with van der Waals surface area (Å²) in [5, 5.41) is 2.38. The van der Waals surface area contributed by atoms with E-state index in [2.05, 4.69) is 5.32 Å². The van der Waals surface area contributed by atoms with E-state index in [1.54, 1.807) is 37.4 Å². The maximum Gasteiger partial charge on any atom is 0.319 e. The van der Waals surface area contributed by atoms with Gasteiger partial charge in [0.2, 0.25) is 0 Å². The van der Waals surface area contributed by atoms with Crippen molar-refractivity contribution in [3.63, 3.8) is 0 Å². The average molecular weight is 351 g/mol. The Labute approximate surface area is 144 Å². The van der Waals surface area contributed by atoms with Crippen molar-refractivity contribution >= 4 is 23.5 Å². The van der Waals surface area contributed by atoms with Gasteiger partial charge in [-0.05, 0) is 12.1 Å². The molecule has 0 aliphatic carbocycles. The number of primary amides is 1. The van der Waals surface area contributed by atoms with Gasteiger partial charge < -0.3 is 10.6 Å². The molecular formula is C17H18ClFN3O2+. The second kappa shape index (κ2) is 7.90. The highest BCUT2D eigenvalue weighted by atomic mass is 35.5. The standard InChI is InChI=1S/C17H17ClFN3O2/c1-22(10-12-13(18)8-5-9-14(12)19)15(16(23)21-17(20)24)11-6-3-2-4-7-11/h2-9,15H,10H2,1H3,(H3,20,21,23,24)/p+1/t15-/m1/s1. The summed E-state index contributed by atoms with van der Waals surface area (Å²) in [6, 6.07) is 11.7. The largest absolute Gasteiger partial charge is 0.351 e. The Hall–Kier alpha value is -2.44. The number of carbonyl (C=O) groups is 2. The first-order valence-electron chi connectivity index (χ1n) is 7.30. The molecule has 2 aromatic rings. The Morgan fingerprint density at radius 2 is 1.88 bits per heavy atom. The molecule has 0 spiro atoms. The molecule has 4 N–H and O–H groups in total. The molecule has 0 aliphatic rings. The number of benzene rings is 2. The van der Waals surface area contributed by atoms with Crippen LogP contribution < -0.4 is 16.0 Å². The molecule has 2 aromatic carbocycles. The van der Waals surface area contributed by atoms with Crippen LogP contribution in [0.2, 0.25) is 5.02 Å². The number of hydrogen-bond donors (Lipinski definition) is 3. The van der Waals surface area contributed by atoms with E-state index in [0.29, 0.717) is 16.0 Å². The Kier molecular flexibility index (Phi) is 5.89. The Bertz CT molecular complexity index is 720. The van der Waals surface area contributed by atoms with Crippen LogP contribution in [0.1, 0.15) is 17.2 Å². The van der Waals surface area contributed by atoms with Crippen LogP contribution in [0.3, 0.4) is 0 Å². The zero-order valence-electron chi connectivity index (χ0n) is 13.1. The molecule has 5 nitrogen and oxygen atoms in total. The van der Waals surface area contributed by atoms with Crippen molar-refractivity contribution in [1.82, 2.24) is 5.32 Å². The van der Waals surface area contributed by atoms with Crippen molar-refractivity contribution in [2.45, 2.75) is 12.6 Å². The van der Waals surface area contributed by atoms with Crippen LogP contribution in [0.25, 0.3) is 0 Å². The number of halogens is 2. The van der Waals surface area contributed by atoms with Gasteiger partial charge in [-0.2, -0.15) is 0 Å². The zero-order valence-corrected chi connectivity index (χ0v) is 13.8. The lowest BCUT2D eigenvalue weighted by atomic mass is 10.0. The first-order valence-corrected chi connectivity index (χ1v) is 7.68. The minimum absolute atomic E-state index is 0.164. The van der Waals surface area contributed by atoms with Gasteiger partial charge in [-0.15, -0.1) is 0 Å². The van der Waals surface area contributed by atoms with Crippen LogP contribution in [0.4, 0.5) is 9.18 Å². The minimum atomic E-state index is -0.933. The average Bonchev–Trinajstić information content (AvgIpc) is 2.51. The fourth-order valence-corrected chi connectivity index (χ4v) is 2.81. The van der Waals surface area contributed by atoms with E-state index in [9.17, 15) is 14.0 Å². The molecule has 0 aromatic heterocycles. The van der Waals surface area contributed by atoms with Crippen molar-refractivity contribution in [2.75, 3.05) is 7.05 Å². The summed E-state index contributed by atoms with van der Waals surface area (Å²) < 4.78 is 14.0. The van der Waals surface area contributed by atoms with Gasteiger partial charge in [0, 0.05) is 5.56 Å². The fourth-order valence-electron chi connectivity index (χ4n) is 2.58. The summed E-state index contributed by atoms with van der Waals surface area (Å²) in [6.45, 7) is 0.164. The monoisotopic (exact) mass is 350 g/mol. The van der Waals surface area contributed by atoms with E-state index < -0.39 is 23.8 Å². The highest BCUT2D eigenvalue weighted by Crippen LogP contribution is 2.18. The van der Waals surface area contributed by atoms with E-state index in [4.69, 9.17) is 17.3 Å². The molecule has 3 amide bonds. The number of carbonyl (C=O) groups excluding carboxylic acids is 2. The van der Waals surface area contributed by atoms with Gasteiger partial charge in [0.1, 0.15) is 12.4 Å². The van der Waals surface area contributed by atoms with Gasteiger partial charge in [0.05, 0.1) is 17.6 Å². The summed E-state index contributed by atoms with van der Waals surface area (Å²) >= 11 is 6.06. The number of imide groups is 1. The van der Waals surface area contributed by atoms with E-state index in [1.807, 2.05) is 6.07 Å². The Morgan fingerprint density at radius 1 is 1.21 bits per heavy atom. The minimum Gasteiger partial charge on any atom is -0.351 e. The quantitative estimate of drug-likeness (QED) is 0.763. The lowest BCUT2D eigenvalue weighted by molar-refractivity contribution is -0.916. The van der Waals surface area contributed by atoms with E-state index in [1.165, 1.54) is 12.1 Å². The third-order valence-corrected chi connectivity index (χ3v) is 4.01. The first-order chi connectivity index (χ1) is 11.4. The third-order valence-electron chi connectivity index (χ3n) is 3.65. The lowest BCUT2D eigenvalue weighted by Gasteiger charge is -2.24. The second-order valence-electron chi connectivity index (χ2n) is 5.42. The van der Waals surface area contributed by atoms with Crippen molar-refractivity contribution in [2.24, 2.45) is 5.73 Å². The number of quaternary nitrogens is 1. The van der Waals surface area contributed by atoms with E-state index >= 15 is 0 Å². The molecule has 24 heavy (non-hydrogen) atoms. The van der Waals surface area contributed by atoms with Crippen molar-refractivity contribution in [3.8, 4) is 0 Å². The highest BCUT2D eigenvalue weighted by molar-refractivity contribution is 6.31. The summed E-state index contributed by atoms with van der Waals surface area (Å²) in [4.78, 5) is 24.1. The van der Waals surface area contributed by atoms with Crippen molar-refractivity contribution in [3.05, 3.63) is 70.5 Å². The molecule has 0 radical (unpaired) electrons. The maximum atomic E-state index is 14.0. The summed E-state index contributed by atoms with van der Waals surface area (Å²) in [6.07, 6.45) is 0. The smallest absolute Gasteiger partial charge is 0.319 e. The van der Waals surface area contributed by atoms with Gasteiger partial charge in [-0.1, -0.05) is 48.0 Å². The molecule has 0 aliphatic heterocycles. The number of nitrogens with one attached hydrogen (secondary N) is 2. The molecule has 0 heterocycles. The number of urea groups is 1. The molecule has 0 fully saturated rings. The second-order valence-corrected chi connectivity index (χ2v) is 5.83. The summed E-state index contributed by atoms with van der Waals surface area (Å²) in [7, 11) is 1.72. The molecule has 0 saturated heterocycles. The molecular weight excluding hydrogens is 333 g/mol. The number of hydrogen-bond acceptors (Lipinski definition) is 2. The molecule has 2 atom stereocenters. The Morgan fingerprint density at radius 3 is 2.46 bits per heavy atom. The molecule has 126 valence electrons. The van der Waals surface area contributed by atoms with Gasteiger partial charge >= 0.3 is 6.03 Å². The molecule has 1 unspecified atom stereocenters. The summed E-state index contributed by atoms with van der Waals surface area (Å²) in [5.74, 6) is -0.998. The third kappa shape index (κ3) is 4.31. The number of rotatable bonds is 5. The SMILES string of the molecule is C[NH+](Cc1c(F)cccc1Cl)[C@@H](C(=O)NC(N)=O)c1ccccc1. The van der Waals surface area contributed by atoms with Crippen LogP contribution in [0.15, 0.2) is 48.5 Å². The predicted octanol–water partition coefficient (Wildman–Crippen LogP) is 1.43. The number of amides is 3. The van der Waals surface area contributed by atoms with Gasteiger partial charge in [-0.3, -0.25) is 10.1 Å². The summed E-state index contributed by atoms with van der Waals surface area (Å²) in [5.41, 5.74) is 6.04. The molecule has 0 saturated carbocycles.